The number of pyridine rings is 1. The SMILES string of the molecule is Cc1ncc2ccc(-c3nc(N)nc(N(C)Cc4cnc(C(F)(F)F)[nH]4)n3)cn12. The van der Waals surface area contributed by atoms with E-state index in [1.807, 2.05) is 29.7 Å². The first-order valence-corrected chi connectivity index (χ1v) is 8.48. The first-order valence-electron chi connectivity index (χ1n) is 8.48. The van der Waals surface area contributed by atoms with Crippen LogP contribution in [0.25, 0.3) is 16.9 Å². The van der Waals surface area contributed by atoms with E-state index in [4.69, 9.17) is 5.73 Å². The van der Waals surface area contributed by atoms with E-state index in [1.165, 1.54) is 0 Å². The highest BCUT2D eigenvalue weighted by molar-refractivity contribution is 5.61. The van der Waals surface area contributed by atoms with E-state index in [-0.39, 0.29) is 24.1 Å². The molecule has 12 heteroatoms. The molecular formula is C17H16F3N9. The Morgan fingerprint density at radius 3 is 2.66 bits per heavy atom. The monoisotopic (exact) mass is 403 g/mol. The molecule has 0 aliphatic carbocycles. The molecule has 4 rings (SSSR count). The average molecular weight is 403 g/mol. The summed E-state index contributed by atoms with van der Waals surface area (Å²) in [5.41, 5.74) is 7.71. The average Bonchev–Trinajstić information content (AvgIpc) is 3.28. The molecule has 0 unspecified atom stereocenters. The highest BCUT2D eigenvalue weighted by atomic mass is 19.4. The smallest absolute Gasteiger partial charge is 0.368 e. The first-order chi connectivity index (χ1) is 13.7. The molecule has 0 fully saturated rings. The molecule has 150 valence electrons. The molecule has 0 atom stereocenters. The minimum absolute atomic E-state index is 0.000101. The molecule has 0 aromatic carbocycles. The van der Waals surface area contributed by atoms with Crippen LogP contribution in [0.2, 0.25) is 0 Å². The van der Waals surface area contributed by atoms with Gasteiger partial charge in [-0.05, 0) is 19.1 Å². The lowest BCUT2D eigenvalue weighted by Crippen LogP contribution is -2.21. The number of aryl methyl sites for hydroxylation is 1. The molecule has 0 aliphatic heterocycles. The number of nitrogens with two attached hydrogens (primary N) is 1. The van der Waals surface area contributed by atoms with Gasteiger partial charge >= 0.3 is 6.18 Å². The quantitative estimate of drug-likeness (QED) is 0.538. The Bertz CT molecular complexity index is 1180. The third kappa shape index (κ3) is 3.68. The lowest BCUT2D eigenvalue weighted by molar-refractivity contribution is -0.144. The van der Waals surface area contributed by atoms with Gasteiger partial charge in [0, 0.05) is 18.8 Å². The van der Waals surface area contributed by atoms with Gasteiger partial charge in [-0.2, -0.15) is 28.1 Å². The van der Waals surface area contributed by atoms with Crippen LogP contribution in [-0.4, -0.2) is 41.4 Å². The summed E-state index contributed by atoms with van der Waals surface area (Å²) in [4.78, 5) is 24.1. The summed E-state index contributed by atoms with van der Waals surface area (Å²) in [6.07, 6.45) is 0.173. The number of H-pyrrole nitrogens is 1. The molecule has 0 saturated heterocycles. The van der Waals surface area contributed by atoms with E-state index in [9.17, 15) is 13.2 Å². The van der Waals surface area contributed by atoms with Crippen molar-refractivity contribution in [2.24, 2.45) is 0 Å². The molecule has 4 heterocycles. The van der Waals surface area contributed by atoms with Gasteiger partial charge in [-0.25, -0.2) is 9.97 Å². The van der Waals surface area contributed by atoms with Crippen molar-refractivity contribution >= 4 is 17.4 Å². The lowest BCUT2D eigenvalue weighted by Gasteiger charge is -2.17. The fraction of sp³-hybridized carbons (Fsp3) is 0.235. The summed E-state index contributed by atoms with van der Waals surface area (Å²) < 4.78 is 40.0. The molecule has 0 bridgehead atoms. The van der Waals surface area contributed by atoms with Crippen molar-refractivity contribution in [3.05, 3.63) is 48.1 Å². The van der Waals surface area contributed by atoms with Crippen molar-refractivity contribution in [1.82, 2.24) is 34.3 Å². The molecule has 4 aromatic heterocycles. The highest BCUT2D eigenvalue weighted by Gasteiger charge is 2.34. The van der Waals surface area contributed by atoms with Gasteiger partial charge in [0.25, 0.3) is 0 Å². The van der Waals surface area contributed by atoms with Gasteiger partial charge in [0.15, 0.2) is 5.82 Å². The van der Waals surface area contributed by atoms with Gasteiger partial charge in [0.1, 0.15) is 5.82 Å². The van der Waals surface area contributed by atoms with E-state index in [2.05, 4.69) is 29.9 Å². The number of imidazole rings is 2. The fourth-order valence-corrected chi connectivity index (χ4v) is 2.84. The van der Waals surface area contributed by atoms with Crippen molar-refractivity contribution in [3.8, 4) is 11.4 Å². The van der Waals surface area contributed by atoms with Gasteiger partial charge in [-0.1, -0.05) is 0 Å². The summed E-state index contributed by atoms with van der Waals surface area (Å²) in [6, 6.07) is 3.71. The summed E-state index contributed by atoms with van der Waals surface area (Å²) in [7, 11) is 1.63. The summed E-state index contributed by atoms with van der Waals surface area (Å²) in [5.74, 6) is 0.314. The second kappa shape index (κ2) is 6.72. The van der Waals surface area contributed by atoms with Crippen LogP contribution in [-0.2, 0) is 12.7 Å². The zero-order valence-electron chi connectivity index (χ0n) is 15.4. The van der Waals surface area contributed by atoms with Gasteiger partial charge in [-0.3, -0.25) is 0 Å². The second-order valence-electron chi connectivity index (χ2n) is 6.45. The Hall–Kier alpha value is -3.70. The van der Waals surface area contributed by atoms with E-state index in [1.54, 1.807) is 18.1 Å². The van der Waals surface area contributed by atoms with Crippen LogP contribution in [0.3, 0.4) is 0 Å². The molecule has 0 amide bonds. The molecular weight excluding hydrogens is 387 g/mol. The standard InChI is InChI=1S/C17H16F3N9/c1-9-22-6-12-4-3-10(7-29(9)12)13-25-15(21)27-16(26-13)28(2)8-11-5-23-14(24-11)17(18,19)20/h3-7H,8H2,1-2H3,(H,23,24)(H2,21,25,26,27). The number of nitrogen functional groups attached to an aromatic ring is 1. The Morgan fingerprint density at radius 1 is 1.14 bits per heavy atom. The molecule has 4 aromatic rings. The number of aromatic nitrogens is 7. The Morgan fingerprint density at radius 2 is 1.93 bits per heavy atom. The van der Waals surface area contributed by atoms with Gasteiger partial charge in [-0.15, -0.1) is 0 Å². The number of anilines is 2. The number of aromatic amines is 1. The normalized spacial score (nSPS) is 11.9. The zero-order chi connectivity index (χ0) is 20.8. The Balaban J connectivity index is 1.63. The van der Waals surface area contributed by atoms with Gasteiger partial charge in [0.2, 0.25) is 17.7 Å². The molecule has 0 spiro atoms. The van der Waals surface area contributed by atoms with Crippen LogP contribution in [0.4, 0.5) is 25.1 Å². The molecule has 9 nitrogen and oxygen atoms in total. The van der Waals surface area contributed by atoms with E-state index in [0.29, 0.717) is 11.4 Å². The van der Waals surface area contributed by atoms with Crippen LogP contribution >= 0.6 is 0 Å². The minimum Gasteiger partial charge on any atom is -0.368 e. The highest BCUT2D eigenvalue weighted by Crippen LogP contribution is 2.27. The largest absolute Gasteiger partial charge is 0.449 e. The Kier molecular flexibility index (Phi) is 4.32. The van der Waals surface area contributed by atoms with E-state index < -0.39 is 12.0 Å². The van der Waals surface area contributed by atoms with Crippen LogP contribution in [0.15, 0.2) is 30.7 Å². The molecule has 29 heavy (non-hydrogen) atoms. The first kappa shape index (κ1) is 18.7. The topological polar surface area (TPSA) is 114 Å². The van der Waals surface area contributed by atoms with Crippen molar-refractivity contribution < 1.29 is 13.2 Å². The van der Waals surface area contributed by atoms with Crippen molar-refractivity contribution in [1.29, 1.82) is 0 Å². The summed E-state index contributed by atoms with van der Waals surface area (Å²) >= 11 is 0. The lowest BCUT2D eigenvalue weighted by atomic mass is 10.2. The second-order valence-corrected chi connectivity index (χ2v) is 6.45. The van der Waals surface area contributed by atoms with Crippen LogP contribution in [0, 0.1) is 6.92 Å². The number of fused-ring (bicyclic) bond motifs is 1. The van der Waals surface area contributed by atoms with E-state index >= 15 is 0 Å². The summed E-state index contributed by atoms with van der Waals surface area (Å²) in [6.45, 7) is 1.95. The predicted octanol–water partition coefficient (Wildman–Crippen LogP) is 2.46. The molecule has 0 radical (unpaired) electrons. The summed E-state index contributed by atoms with van der Waals surface area (Å²) in [5, 5.41) is 0. The fourth-order valence-electron chi connectivity index (χ4n) is 2.84. The molecule has 0 saturated carbocycles. The maximum Gasteiger partial charge on any atom is 0.449 e. The van der Waals surface area contributed by atoms with Crippen molar-refractivity contribution in [3.63, 3.8) is 0 Å². The maximum absolute atomic E-state index is 12.7. The number of nitrogens with one attached hydrogen (secondary N) is 1. The van der Waals surface area contributed by atoms with Crippen molar-refractivity contribution in [2.45, 2.75) is 19.6 Å². The number of halogens is 3. The maximum atomic E-state index is 12.7. The van der Waals surface area contributed by atoms with Crippen LogP contribution < -0.4 is 10.6 Å². The number of nitrogens with zero attached hydrogens (tertiary/aromatic N) is 7. The van der Waals surface area contributed by atoms with E-state index in [0.717, 1.165) is 17.5 Å². The third-order valence-corrected chi connectivity index (χ3v) is 4.26. The van der Waals surface area contributed by atoms with Gasteiger partial charge < -0.3 is 20.0 Å². The van der Waals surface area contributed by atoms with Crippen LogP contribution in [0.5, 0.6) is 0 Å². The number of hydrogen-bond acceptors (Lipinski definition) is 7. The molecule has 3 N–H and O–H groups in total. The van der Waals surface area contributed by atoms with Crippen molar-refractivity contribution in [2.75, 3.05) is 17.7 Å². The zero-order valence-corrected chi connectivity index (χ0v) is 15.4. The minimum atomic E-state index is -4.54. The Labute approximate surface area is 162 Å². The molecule has 0 aliphatic rings. The number of hydrogen-bond donors (Lipinski definition) is 2. The number of alkyl halides is 3. The van der Waals surface area contributed by atoms with Crippen LogP contribution in [0.1, 0.15) is 17.3 Å². The van der Waals surface area contributed by atoms with Gasteiger partial charge in [0.05, 0.1) is 30.1 Å². The predicted molar refractivity (Wildman–Crippen MR) is 98.9 cm³/mol. The number of rotatable bonds is 4. The third-order valence-electron chi connectivity index (χ3n) is 4.26.